The number of benzene rings is 1. The van der Waals surface area contributed by atoms with Crippen LogP contribution in [0.1, 0.15) is 51.5 Å². The fourth-order valence-corrected chi connectivity index (χ4v) is 3.13. The summed E-state index contributed by atoms with van der Waals surface area (Å²) in [5.41, 5.74) is 1.39. The molecule has 1 aromatic rings. The molecule has 2 rings (SSSR count). The summed E-state index contributed by atoms with van der Waals surface area (Å²) >= 11 is 0. The highest BCUT2D eigenvalue weighted by atomic mass is 14.9. The molecule has 0 aromatic heterocycles. The fraction of sp³-hybridized carbons (Fsp3) is 0.647. The molecular formula is C17H27N. The van der Waals surface area contributed by atoms with Gasteiger partial charge in [0, 0.05) is 12.6 Å². The molecule has 2 atom stereocenters. The molecule has 0 unspecified atom stereocenters. The molecule has 1 nitrogen and oxygen atoms in total. The molecule has 0 spiro atoms. The summed E-state index contributed by atoms with van der Waals surface area (Å²) in [6.07, 6.45) is 7.23. The standard InChI is InChI=1S/C17H27N/c1-14(17-11-7-4-8-12-17)15(2)18-13-16-9-5-3-6-10-16/h3,5-6,9-10,14-15,17-18H,4,7-8,11-13H2,1-2H3/t14-,15+/m1/s1. The Balaban J connectivity index is 1.78. The van der Waals surface area contributed by atoms with Gasteiger partial charge in [-0.05, 0) is 24.3 Å². The van der Waals surface area contributed by atoms with E-state index in [1.54, 1.807) is 0 Å². The third-order valence-electron chi connectivity index (χ3n) is 4.65. The van der Waals surface area contributed by atoms with Gasteiger partial charge in [-0.15, -0.1) is 0 Å². The first-order chi connectivity index (χ1) is 8.77. The Kier molecular flexibility index (Phi) is 5.25. The minimum atomic E-state index is 0.619. The van der Waals surface area contributed by atoms with E-state index in [-0.39, 0.29) is 0 Å². The van der Waals surface area contributed by atoms with Crippen molar-refractivity contribution in [1.82, 2.24) is 5.32 Å². The Bertz CT molecular complexity index is 327. The van der Waals surface area contributed by atoms with Crippen LogP contribution in [0.5, 0.6) is 0 Å². The van der Waals surface area contributed by atoms with Crippen LogP contribution in [-0.4, -0.2) is 6.04 Å². The molecule has 1 aliphatic carbocycles. The summed E-state index contributed by atoms with van der Waals surface area (Å²) < 4.78 is 0. The lowest BCUT2D eigenvalue weighted by Crippen LogP contribution is -2.36. The second kappa shape index (κ2) is 6.94. The average Bonchev–Trinajstić information content (AvgIpc) is 2.46. The molecule has 0 amide bonds. The summed E-state index contributed by atoms with van der Waals surface area (Å²) in [5, 5.41) is 3.70. The van der Waals surface area contributed by atoms with Crippen molar-refractivity contribution in [2.75, 3.05) is 0 Å². The lowest BCUT2D eigenvalue weighted by Gasteiger charge is -2.32. The van der Waals surface area contributed by atoms with Crippen molar-refractivity contribution in [2.24, 2.45) is 11.8 Å². The van der Waals surface area contributed by atoms with Crippen molar-refractivity contribution < 1.29 is 0 Å². The Morgan fingerprint density at radius 1 is 1.06 bits per heavy atom. The van der Waals surface area contributed by atoms with Gasteiger partial charge in [-0.3, -0.25) is 0 Å². The SMILES string of the molecule is C[C@H](NCc1ccccc1)[C@@H](C)C1CCCCC1. The largest absolute Gasteiger partial charge is 0.310 e. The van der Waals surface area contributed by atoms with E-state index in [0.29, 0.717) is 6.04 Å². The van der Waals surface area contributed by atoms with Crippen LogP contribution in [-0.2, 0) is 6.54 Å². The minimum absolute atomic E-state index is 0.619. The first-order valence-corrected chi connectivity index (χ1v) is 7.54. The topological polar surface area (TPSA) is 12.0 Å². The summed E-state index contributed by atoms with van der Waals surface area (Å²) in [6.45, 7) is 5.78. The van der Waals surface area contributed by atoms with Crippen molar-refractivity contribution in [2.45, 2.75) is 58.5 Å². The maximum Gasteiger partial charge on any atom is 0.0208 e. The molecule has 1 aromatic carbocycles. The average molecular weight is 245 g/mol. The minimum Gasteiger partial charge on any atom is -0.310 e. The van der Waals surface area contributed by atoms with E-state index in [2.05, 4.69) is 49.5 Å². The van der Waals surface area contributed by atoms with Crippen LogP contribution in [0.2, 0.25) is 0 Å². The monoisotopic (exact) mass is 245 g/mol. The van der Waals surface area contributed by atoms with E-state index in [9.17, 15) is 0 Å². The Labute approximate surface area is 112 Å². The maximum absolute atomic E-state index is 3.70. The van der Waals surface area contributed by atoms with Gasteiger partial charge < -0.3 is 5.32 Å². The van der Waals surface area contributed by atoms with E-state index >= 15 is 0 Å². The van der Waals surface area contributed by atoms with Gasteiger partial charge in [0.25, 0.3) is 0 Å². The molecule has 0 radical (unpaired) electrons. The molecule has 1 N–H and O–H groups in total. The van der Waals surface area contributed by atoms with Crippen LogP contribution in [0.15, 0.2) is 30.3 Å². The first kappa shape index (κ1) is 13.6. The first-order valence-electron chi connectivity index (χ1n) is 7.54. The van der Waals surface area contributed by atoms with Gasteiger partial charge in [0.05, 0.1) is 0 Å². The highest BCUT2D eigenvalue weighted by Crippen LogP contribution is 2.31. The van der Waals surface area contributed by atoms with Crippen LogP contribution < -0.4 is 5.32 Å². The lowest BCUT2D eigenvalue weighted by molar-refractivity contribution is 0.218. The van der Waals surface area contributed by atoms with Gasteiger partial charge in [-0.1, -0.05) is 69.4 Å². The van der Waals surface area contributed by atoms with Gasteiger partial charge in [-0.25, -0.2) is 0 Å². The van der Waals surface area contributed by atoms with Crippen LogP contribution >= 0.6 is 0 Å². The van der Waals surface area contributed by atoms with Crippen LogP contribution in [0.3, 0.4) is 0 Å². The molecule has 1 saturated carbocycles. The quantitative estimate of drug-likeness (QED) is 0.811. The number of nitrogens with one attached hydrogen (secondary N) is 1. The van der Waals surface area contributed by atoms with Gasteiger partial charge in [0.1, 0.15) is 0 Å². The number of hydrogen-bond donors (Lipinski definition) is 1. The van der Waals surface area contributed by atoms with E-state index in [1.807, 2.05) is 0 Å². The second-order valence-electron chi connectivity index (χ2n) is 5.91. The molecule has 0 saturated heterocycles. The van der Waals surface area contributed by atoms with Crippen LogP contribution in [0, 0.1) is 11.8 Å². The molecule has 1 heteroatoms. The highest BCUT2D eigenvalue weighted by Gasteiger charge is 2.23. The summed E-state index contributed by atoms with van der Waals surface area (Å²) in [7, 11) is 0. The van der Waals surface area contributed by atoms with Crippen LogP contribution in [0.4, 0.5) is 0 Å². The summed E-state index contributed by atoms with van der Waals surface area (Å²) in [6, 6.07) is 11.3. The van der Waals surface area contributed by atoms with Gasteiger partial charge >= 0.3 is 0 Å². The Hall–Kier alpha value is -0.820. The third-order valence-corrected chi connectivity index (χ3v) is 4.65. The zero-order valence-corrected chi connectivity index (χ0v) is 11.9. The summed E-state index contributed by atoms with van der Waals surface area (Å²) in [4.78, 5) is 0. The van der Waals surface area contributed by atoms with E-state index in [1.165, 1.54) is 37.7 Å². The Morgan fingerprint density at radius 3 is 2.39 bits per heavy atom. The molecule has 1 aliphatic rings. The van der Waals surface area contributed by atoms with E-state index < -0.39 is 0 Å². The predicted octanol–water partition coefficient (Wildman–Crippen LogP) is 4.38. The van der Waals surface area contributed by atoms with Gasteiger partial charge in [0.2, 0.25) is 0 Å². The predicted molar refractivity (Wildman–Crippen MR) is 78.5 cm³/mol. The molecule has 100 valence electrons. The maximum atomic E-state index is 3.70. The Morgan fingerprint density at radius 2 is 1.72 bits per heavy atom. The molecule has 0 bridgehead atoms. The normalized spacial score (nSPS) is 20.6. The van der Waals surface area contributed by atoms with Crippen molar-refractivity contribution in [3.63, 3.8) is 0 Å². The highest BCUT2D eigenvalue weighted by molar-refractivity contribution is 5.14. The van der Waals surface area contributed by atoms with Crippen molar-refractivity contribution in [3.8, 4) is 0 Å². The third kappa shape index (κ3) is 3.84. The molecule has 0 aliphatic heterocycles. The smallest absolute Gasteiger partial charge is 0.0208 e. The van der Waals surface area contributed by atoms with Crippen LogP contribution in [0.25, 0.3) is 0 Å². The zero-order chi connectivity index (χ0) is 12.8. The van der Waals surface area contributed by atoms with Crippen molar-refractivity contribution >= 4 is 0 Å². The molecular weight excluding hydrogens is 218 g/mol. The van der Waals surface area contributed by atoms with Crippen molar-refractivity contribution in [1.29, 1.82) is 0 Å². The molecule has 18 heavy (non-hydrogen) atoms. The fourth-order valence-electron chi connectivity index (χ4n) is 3.13. The summed E-state index contributed by atoms with van der Waals surface area (Å²) in [5.74, 6) is 1.74. The molecule has 0 heterocycles. The lowest BCUT2D eigenvalue weighted by atomic mass is 9.78. The molecule has 1 fully saturated rings. The van der Waals surface area contributed by atoms with E-state index in [0.717, 1.165) is 18.4 Å². The second-order valence-corrected chi connectivity index (χ2v) is 5.91. The van der Waals surface area contributed by atoms with E-state index in [4.69, 9.17) is 0 Å². The number of hydrogen-bond acceptors (Lipinski definition) is 1. The van der Waals surface area contributed by atoms with Gasteiger partial charge in [0.15, 0.2) is 0 Å². The number of rotatable bonds is 5. The van der Waals surface area contributed by atoms with Gasteiger partial charge in [-0.2, -0.15) is 0 Å². The zero-order valence-electron chi connectivity index (χ0n) is 11.9. The van der Waals surface area contributed by atoms with Crippen molar-refractivity contribution in [3.05, 3.63) is 35.9 Å².